The van der Waals surface area contributed by atoms with E-state index < -0.39 is 4.92 Å². The lowest BCUT2D eigenvalue weighted by Gasteiger charge is -2.31. The van der Waals surface area contributed by atoms with Crippen molar-refractivity contribution >= 4 is 28.1 Å². The molecule has 6 nitrogen and oxygen atoms in total. The number of hydrogen-bond donors (Lipinski definition) is 1. The number of carbonyl (C=O) groups is 1. The first-order chi connectivity index (χ1) is 14.1. The number of fused-ring (bicyclic) bond motifs is 1. The Bertz CT molecular complexity index is 1040. The lowest BCUT2D eigenvalue weighted by Crippen LogP contribution is -2.37. The Morgan fingerprint density at radius 3 is 2.55 bits per heavy atom. The molecule has 1 fully saturated rings. The van der Waals surface area contributed by atoms with Crippen LogP contribution in [0.25, 0.3) is 10.8 Å². The number of nitro benzene ring substituents is 1. The lowest BCUT2D eigenvalue weighted by atomic mass is 9.95. The molecule has 6 heteroatoms. The molecule has 0 unspecified atom stereocenters. The van der Waals surface area contributed by atoms with Crippen LogP contribution in [0.1, 0.15) is 18.4 Å². The van der Waals surface area contributed by atoms with E-state index in [4.69, 9.17) is 0 Å². The van der Waals surface area contributed by atoms with Gasteiger partial charge >= 0.3 is 0 Å². The standard InChI is InChI=1S/C23H23N3O3/c27-23(24-20-8-4-9-21(15-20)26(28)29)18-11-13-25(14-12-18)16-19-7-3-6-17-5-1-2-10-22(17)19/h1-10,15,18H,11-14,16H2,(H,24,27). The fourth-order valence-electron chi connectivity index (χ4n) is 3.97. The van der Waals surface area contributed by atoms with Crippen LogP contribution in [0.3, 0.4) is 0 Å². The van der Waals surface area contributed by atoms with Gasteiger partial charge in [0, 0.05) is 30.3 Å². The first-order valence-electron chi connectivity index (χ1n) is 9.84. The molecule has 0 bridgehead atoms. The first kappa shape index (κ1) is 19.1. The zero-order valence-corrected chi connectivity index (χ0v) is 16.1. The SMILES string of the molecule is O=C(Nc1cccc([N+](=O)[O-])c1)C1CCN(Cc2cccc3ccccc23)CC1. The van der Waals surface area contributed by atoms with Gasteiger partial charge in [-0.25, -0.2) is 0 Å². The molecule has 1 saturated heterocycles. The van der Waals surface area contributed by atoms with Crippen LogP contribution in [0.5, 0.6) is 0 Å². The molecule has 148 valence electrons. The van der Waals surface area contributed by atoms with Crippen LogP contribution in [-0.2, 0) is 11.3 Å². The van der Waals surface area contributed by atoms with Crippen LogP contribution in [-0.4, -0.2) is 28.8 Å². The second-order valence-electron chi connectivity index (χ2n) is 7.49. The summed E-state index contributed by atoms with van der Waals surface area (Å²) in [4.78, 5) is 25.4. The molecule has 1 aliphatic heterocycles. The molecule has 0 aliphatic carbocycles. The first-order valence-corrected chi connectivity index (χ1v) is 9.84. The van der Waals surface area contributed by atoms with E-state index >= 15 is 0 Å². The highest BCUT2D eigenvalue weighted by Gasteiger charge is 2.25. The minimum Gasteiger partial charge on any atom is -0.326 e. The Kier molecular flexibility index (Phi) is 5.53. The molecular weight excluding hydrogens is 366 g/mol. The summed E-state index contributed by atoms with van der Waals surface area (Å²) in [5.41, 5.74) is 1.76. The summed E-state index contributed by atoms with van der Waals surface area (Å²) in [5.74, 6) is -0.131. The number of non-ortho nitro benzene ring substituents is 1. The van der Waals surface area contributed by atoms with Crippen molar-refractivity contribution in [1.82, 2.24) is 4.90 Å². The van der Waals surface area contributed by atoms with Crippen molar-refractivity contribution in [2.75, 3.05) is 18.4 Å². The number of anilines is 1. The van der Waals surface area contributed by atoms with E-state index in [0.29, 0.717) is 5.69 Å². The Labute approximate surface area is 169 Å². The van der Waals surface area contributed by atoms with E-state index in [2.05, 4.69) is 52.7 Å². The highest BCUT2D eigenvalue weighted by Crippen LogP contribution is 2.25. The quantitative estimate of drug-likeness (QED) is 0.511. The van der Waals surface area contributed by atoms with Crippen molar-refractivity contribution in [3.63, 3.8) is 0 Å². The van der Waals surface area contributed by atoms with Gasteiger partial charge in [0.25, 0.3) is 5.69 Å². The van der Waals surface area contributed by atoms with E-state index in [9.17, 15) is 14.9 Å². The number of piperidine rings is 1. The monoisotopic (exact) mass is 389 g/mol. The number of carbonyl (C=O) groups excluding carboxylic acids is 1. The Morgan fingerprint density at radius 1 is 1.03 bits per heavy atom. The van der Waals surface area contributed by atoms with Gasteiger partial charge in [-0.2, -0.15) is 0 Å². The van der Waals surface area contributed by atoms with Gasteiger partial charge in [-0.05, 0) is 48.3 Å². The molecule has 3 aromatic rings. The molecular formula is C23H23N3O3. The number of nitrogens with one attached hydrogen (secondary N) is 1. The lowest BCUT2D eigenvalue weighted by molar-refractivity contribution is -0.384. The predicted octanol–water partition coefficient (Wildman–Crippen LogP) is 4.60. The summed E-state index contributed by atoms with van der Waals surface area (Å²) in [6, 6.07) is 20.9. The van der Waals surface area contributed by atoms with Gasteiger partial charge in [-0.3, -0.25) is 19.8 Å². The summed E-state index contributed by atoms with van der Waals surface area (Å²) in [5, 5.41) is 16.3. The number of nitrogens with zero attached hydrogens (tertiary/aromatic N) is 2. The largest absolute Gasteiger partial charge is 0.326 e. The van der Waals surface area contributed by atoms with Gasteiger partial charge in [0.05, 0.1) is 4.92 Å². The van der Waals surface area contributed by atoms with E-state index in [0.717, 1.165) is 32.5 Å². The molecule has 0 aromatic heterocycles. The van der Waals surface area contributed by atoms with E-state index in [1.807, 2.05) is 0 Å². The van der Waals surface area contributed by atoms with Gasteiger partial charge in [-0.15, -0.1) is 0 Å². The maximum Gasteiger partial charge on any atom is 0.271 e. The smallest absolute Gasteiger partial charge is 0.271 e. The molecule has 3 aromatic carbocycles. The normalized spacial score (nSPS) is 15.3. The fraction of sp³-hybridized carbons (Fsp3) is 0.261. The molecule has 4 rings (SSSR count). The Balaban J connectivity index is 1.35. The third-order valence-corrected chi connectivity index (χ3v) is 5.56. The van der Waals surface area contributed by atoms with E-state index in [1.54, 1.807) is 12.1 Å². The summed E-state index contributed by atoms with van der Waals surface area (Å²) >= 11 is 0. The Morgan fingerprint density at radius 2 is 1.76 bits per heavy atom. The Hall–Kier alpha value is -3.25. The average molecular weight is 389 g/mol. The van der Waals surface area contributed by atoms with Gasteiger partial charge in [0.1, 0.15) is 0 Å². The topological polar surface area (TPSA) is 75.5 Å². The number of nitro groups is 1. The third kappa shape index (κ3) is 4.43. The molecule has 0 radical (unpaired) electrons. The highest BCUT2D eigenvalue weighted by molar-refractivity contribution is 5.93. The van der Waals surface area contributed by atoms with Crippen molar-refractivity contribution in [2.45, 2.75) is 19.4 Å². The van der Waals surface area contributed by atoms with Crippen molar-refractivity contribution in [3.8, 4) is 0 Å². The van der Waals surface area contributed by atoms with Gasteiger partial charge < -0.3 is 5.32 Å². The van der Waals surface area contributed by atoms with Crippen LogP contribution in [0.2, 0.25) is 0 Å². The summed E-state index contributed by atoms with van der Waals surface area (Å²) in [7, 11) is 0. The van der Waals surface area contributed by atoms with Gasteiger partial charge in [0.2, 0.25) is 5.91 Å². The minimum atomic E-state index is -0.457. The van der Waals surface area contributed by atoms with Crippen LogP contribution in [0, 0.1) is 16.0 Å². The maximum absolute atomic E-state index is 12.6. The van der Waals surface area contributed by atoms with Gasteiger partial charge in [0.15, 0.2) is 0 Å². The second-order valence-corrected chi connectivity index (χ2v) is 7.49. The molecule has 1 amide bonds. The van der Waals surface area contributed by atoms with Gasteiger partial charge in [-0.1, -0.05) is 48.5 Å². The predicted molar refractivity (Wildman–Crippen MR) is 114 cm³/mol. The molecule has 1 aliphatic rings. The molecule has 0 spiro atoms. The highest BCUT2D eigenvalue weighted by atomic mass is 16.6. The number of hydrogen-bond acceptors (Lipinski definition) is 4. The molecule has 0 atom stereocenters. The van der Waals surface area contributed by atoms with Crippen molar-refractivity contribution < 1.29 is 9.72 Å². The molecule has 1 heterocycles. The second kappa shape index (κ2) is 8.41. The minimum absolute atomic E-state index is 0.0206. The maximum atomic E-state index is 12.6. The van der Waals surface area contributed by atoms with Crippen molar-refractivity contribution in [1.29, 1.82) is 0 Å². The van der Waals surface area contributed by atoms with Crippen molar-refractivity contribution in [3.05, 3.63) is 82.4 Å². The van der Waals surface area contributed by atoms with E-state index in [-0.39, 0.29) is 17.5 Å². The summed E-state index contributed by atoms with van der Waals surface area (Å²) in [6.45, 7) is 2.59. The molecule has 29 heavy (non-hydrogen) atoms. The van der Waals surface area contributed by atoms with E-state index in [1.165, 1.54) is 28.5 Å². The molecule has 1 N–H and O–H groups in total. The fourth-order valence-corrected chi connectivity index (χ4v) is 3.97. The van der Waals surface area contributed by atoms with Crippen molar-refractivity contribution in [2.24, 2.45) is 5.92 Å². The van der Waals surface area contributed by atoms with Crippen LogP contribution in [0.15, 0.2) is 66.7 Å². The van der Waals surface area contributed by atoms with Crippen LogP contribution >= 0.6 is 0 Å². The molecule has 0 saturated carbocycles. The zero-order valence-electron chi connectivity index (χ0n) is 16.1. The number of benzene rings is 3. The number of rotatable bonds is 5. The average Bonchev–Trinajstić information content (AvgIpc) is 2.75. The number of likely N-dealkylation sites (tertiary alicyclic amines) is 1. The number of amides is 1. The zero-order chi connectivity index (χ0) is 20.2. The third-order valence-electron chi connectivity index (χ3n) is 5.56. The summed E-state index contributed by atoms with van der Waals surface area (Å²) in [6.07, 6.45) is 1.57. The van der Waals surface area contributed by atoms with Crippen LogP contribution < -0.4 is 5.32 Å². The summed E-state index contributed by atoms with van der Waals surface area (Å²) < 4.78 is 0. The van der Waals surface area contributed by atoms with Crippen LogP contribution in [0.4, 0.5) is 11.4 Å².